The summed E-state index contributed by atoms with van der Waals surface area (Å²) >= 11 is 0. The molecule has 3 aliphatic rings. The standard InChI is InChI=1S/C22H28O4Si4/c1-27(2)17-9-13-14(10-18(17)28(3,4)25-27)22(24)16-12-20-19(11-15(16)21(13)23)29(5,6)26-30(20,7)8/h9-12H,1-8H3. The van der Waals surface area contributed by atoms with Crippen LogP contribution in [0.2, 0.25) is 52.4 Å². The molecule has 0 amide bonds. The van der Waals surface area contributed by atoms with Gasteiger partial charge in [-0.25, -0.2) is 0 Å². The van der Waals surface area contributed by atoms with Crippen LogP contribution in [0.3, 0.4) is 0 Å². The zero-order valence-corrected chi connectivity index (χ0v) is 22.9. The van der Waals surface area contributed by atoms with Crippen LogP contribution in [0, 0.1) is 0 Å². The van der Waals surface area contributed by atoms with E-state index in [1.165, 1.54) is 20.7 Å². The highest BCUT2D eigenvalue weighted by molar-refractivity contribution is 7.06. The van der Waals surface area contributed by atoms with Crippen LogP contribution in [-0.4, -0.2) is 44.8 Å². The number of hydrogen-bond acceptors (Lipinski definition) is 4. The van der Waals surface area contributed by atoms with Crippen molar-refractivity contribution < 1.29 is 17.8 Å². The molecule has 0 unspecified atom stereocenters. The highest BCUT2D eigenvalue weighted by Crippen LogP contribution is 2.32. The summed E-state index contributed by atoms with van der Waals surface area (Å²) in [6.45, 7) is 17.5. The van der Waals surface area contributed by atoms with Crippen LogP contribution in [0.1, 0.15) is 31.8 Å². The number of carbonyl (C=O) groups excluding carboxylic acids is 2. The third-order valence-electron chi connectivity index (χ3n) is 6.91. The van der Waals surface area contributed by atoms with Crippen molar-refractivity contribution in [2.45, 2.75) is 52.4 Å². The molecule has 0 saturated carbocycles. The lowest BCUT2D eigenvalue weighted by Gasteiger charge is -2.23. The van der Waals surface area contributed by atoms with Gasteiger partial charge in [0.05, 0.1) is 0 Å². The van der Waals surface area contributed by atoms with Crippen molar-refractivity contribution in [3.8, 4) is 0 Å². The summed E-state index contributed by atoms with van der Waals surface area (Å²) in [7, 11) is -8.27. The number of carbonyl (C=O) groups is 2. The summed E-state index contributed by atoms with van der Waals surface area (Å²) in [5.41, 5.74) is 2.21. The van der Waals surface area contributed by atoms with Crippen LogP contribution in [0.4, 0.5) is 0 Å². The number of benzene rings is 2. The maximum Gasteiger partial charge on any atom is 0.206 e. The smallest absolute Gasteiger partial charge is 0.206 e. The number of fused-ring (bicyclic) bond motifs is 4. The molecule has 0 radical (unpaired) electrons. The average molecular weight is 469 g/mol. The van der Waals surface area contributed by atoms with E-state index in [9.17, 15) is 9.59 Å². The molecule has 0 N–H and O–H groups in total. The molecule has 156 valence electrons. The quantitative estimate of drug-likeness (QED) is 0.475. The molecule has 0 saturated heterocycles. The van der Waals surface area contributed by atoms with Crippen LogP contribution in [0.15, 0.2) is 24.3 Å². The highest BCUT2D eigenvalue weighted by Gasteiger charge is 2.50. The van der Waals surface area contributed by atoms with Crippen molar-refractivity contribution in [1.29, 1.82) is 0 Å². The van der Waals surface area contributed by atoms with Gasteiger partial charge in [0.2, 0.25) is 33.3 Å². The first-order valence-electron chi connectivity index (χ1n) is 10.5. The van der Waals surface area contributed by atoms with E-state index < -0.39 is 33.3 Å². The Hall–Kier alpha value is -1.43. The Labute approximate surface area is 182 Å². The van der Waals surface area contributed by atoms with E-state index >= 15 is 0 Å². The normalized spacial score (nSPS) is 23.6. The molecule has 2 aromatic carbocycles. The minimum atomic E-state index is -2.07. The molecule has 4 nitrogen and oxygen atoms in total. The molecule has 8 heteroatoms. The van der Waals surface area contributed by atoms with Gasteiger partial charge in [-0.15, -0.1) is 0 Å². The first kappa shape index (κ1) is 20.5. The van der Waals surface area contributed by atoms with Crippen LogP contribution >= 0.6 is 0 Å². The number of rotatable bonds is 0. The largest absolute Gasteiger partial charge is 0.449 e. The van der Waals surface area contributed by atoms with E-state index in [1.807, 2.05) is 24.3 Å². The number of hydrogen-bond donors (Lipinski definition) is 0. The third-order valence-corrected chi connectivity index (χ3v) is 22.4. The third kappa shape index (κ3) is 2.55. The SMILES string of the molecule is C[Si]1(C)O[Si](C)(C)c2cc3c(cc21)C(=O)c1cc2c(cc1C3=O)[Si](C)(C)O[Si]2(C)C. The molecule has 5 rings (SSSR count). The molecule has 2 aromatic rings. The lowest BCUT2D eigenvalue weighted by atomic mass is 9.84. The summed E-state index contributed by atoms with van der Waals surface area (Å²) in [5, 5.41) is 4.76. The van der Waals surface area contributed by atoms with Gasteiger partial charge in [0.15, 0.2) is 11.6 Å². The maximum atomic E-state index is 13.6. The van der Waals surface area contributed by atoms with Gasteiger partial charge in [-0.1, -0.05) is 0 Å². The predicted molar refractivity (Wildman–Crippen MR) is 130 cm³/mol. The zero-order valence-electron chi connectivity index (χ0n) is 18.9. The molecule has 0 fully saturated rings. The molecular formula is C22H28O4Si4. The van der Waals surface area contributed by atoms with Crippen LogP contribution in [0.25, 0.3) is 0 Å². The molecule has 2 aliphatic heterocycles. The van der Waals surface area contributed by atoms with Crippen molar-refractivity contribution in [2.24, 2.45) is 0 Å². The van der Waals surface area contributed by atoms with Crippen molar-refractivity contribution in [2.75, 3.05) is 0 Å². The van der Waals surface area contributed by atoms with Crippen molar-refractivity contribution >= 4 is 65.6 Å². The lowest BCUT2D eigenvalue weighted by molar-refractivity contribution is 0.0979. The second-order valence-corrected chi connectivity index (χ2v) is 26.7. The first-order chi connectivity index (χ1) is 13.7. The van der Waals surface area contributed by atoms with Crippen molar-refractivity contribution in [3.05, 3.63) is 46.5 Å². The average Bonchev–Trinajstić information content (AvgIpc) is 2.92. The van der Waals surface area contributed by atoms with E-state index in [-0.39, 0.29) is 11.6 Å². The van der Waals surface area contributed by atoms with Crippen LogP contribution < -0.4 is 20.7 Å². The van der Waals surface area contributed by atoms with Gasteiger partial charge < -0.3 is 8.23 Å². The predicted octanol–water partition coefficient (Wildman–Crippen LogP) is 2.17. The summed E-state index contributed by atoms with van der Waals surface area (Å²) in [5.74, 6) is -0.0601. The second kappa shape index (κ2) is 5.67. The molecule has 0 bridgehead atoms. The van der Waals surface area contributed by atoms with Gasteiger partial charge in [-0.3, -0.25) is 9.59 Å². The Bertz CT molecular complexity index is 1010. The topological polar surface area (TPSA) is 52.6 Å². The fraction of sp³-hybridized carbons (Fsp3) is 0.364. The van der Waals surface area contributed by atoms with Gasteiger partial charge in [-0.05, 0) is 97.4 Å². The van der Waals surface area contributed by atoms with E-state index in [2.05, 4.69) is 52.4 Å². The van der Waals surface area contributed by atoms with E-state index in [0.29, 0.717) is 22.3 Å². The Kier molecular flexibility index (Phi) is 3.87. The highest BCUT2D eigenvalue weighted by atomic mass is 28.4. The fourth-order valence-corrected chi connectivity index (χ4v) is 26.2. The molecule has 0 spiro atoms. The van der Waals surface area contributed by atoms with Gasteiger partial charge in [0, 0.05) is 22.3 Å². The van der Waals surface area contributed by atoms with E-state index in [4.69, 9.17) is 8.23 Å². The summed E-state index contributed by atoms with van der Waals surface area (Å²) in [4.78, 5) is 27.2. The van der Waals surface area contributed by atoms with Gasteiger partial charge in [0.25, 0.3) is 0 Å². The van der Waals surface area contributed by atoms with Crippen molar-refractivity contribution in [1.82, 2.24) is 0 Å². The zero-order chi connectivity index (χ0) is 22.0. The van der Waals surface area contributed by atoms with Crippen LogP contribution in [0.5, 0.6) is 0 Å². The molecule has 0 atom stereocenters. The van der Waals surface area contributed by atoms with Crippen molar-refractivity contribution in [3.63, 3.8) is 0 Å². The molecule has 1 aliphatic carbocycles. The fourth-order valence-electron chi connectivity index (χ4n) is 5.73. The van der Waals surface area contributed by atoms with Gasteiger partial charge >= 0.3 is 0 Å². The van der Waals surface area contributed by atoms with Gasteiger partial charge in [-0.2, -0.15) is 0 Å². The summed E-state index contributed by atoms with van der Waals surface area (Å²) in [6, 6.07) is 7.97. The Morgan fingerprint density at radius 2 is 0.667 bits per heavy atom. The first-order valence-corrected chi connectivity index (χ1v) is 22.2. The summed E-state index contributed by atoms with van der Waals surface area (Å²) in [6.07, 6.45) is 0. The summed E-state index contributed by atoms with van der Waals surface area (Å²) < 4.78 is 13.1. The van der Waals surface area contributed by atoms with E-state index in [1.54, 1.807) is 0 Å². The maximum absolute atomic E-state index is 13.6. The lowest BCUT2D eigenvalue weighted by Crippen LogP contribution is -2.47. The molecular weight excluding hydrogens is 441 g/mol. The molecule has 30 heavy (non-hydrogen) atoms. The molecule has 2 heterocycles. The second-order valence-electron chi connectivity index (χ2n) is 10.8. The number of ketones is 2. The van der Waals surface area contributed by atoms with Crippen LogP contribution in [-0.2, 0) is 8.23 Å². The Morgan fingerprint density at radius 1 is 0.467 bits per heavy atom. The minimum absolute atomic E-state index is 0.0301. The monoisotopic (exact) mass is 468 g/mol. The van der Waals surface area contributed by atoms with E-state index in [0.717, 1.165) is 0 Å². The Morgan fingerprint density at radius 3 is 0.867 bits per heavy atom. The minimum Gasteiger partial charge on any atom is -0.449 e. The Balaban J connectivity index is 1.76. The van der Waals surface area contributed by atoms with Gasteiger partial charge in [0.1, 0.15) is 0 Å². The molecule has 0 aromatic heterocycles.